The Morgan fingerprint density at radius 1 is 0.250 bits per heavy atom. The highest BCUT2D eigenvalue weighted by atomic mass is 15.0. The van der Waals surface area contributed by atoms with Crippen LogP contribution in [0.2, 0.25) is 0 Å². The van der Waals surface area contributed by atoms with Crippen LogP contribution in [0, 0.1) is 0 Å². The van der Waals surface area contributed by atoms with Gasteiger partial charge in [0.15, 0.2) is 0 Å². The van der Waals surface area contributed by atoms with Gasteiger partial charge in [-0.15, -0.1) is 0 Å². The van der Waals surface area contributed by atoms with E-state index in [1.54, 1.807) is 0 Å². The molecule has 9 aromatic carbocycles. The normalized spacial score (nSPS) is 12.2. The standard InChI is InChI=1S/C66H38N6/c1-7-19-39(20-8-1)45-31-49-51-35-47(41-23-11-3-12-24-41)37-67-65(51)71-61(49)53(33-45)55-59-60(70-58(44-29-17-6-18-30-44)57(69-59)43-27-15-5-16-28-43)56-54-34-46(40-21-9-2-10-22-40)32-50-52-36-48(42-25-13-4-14-26-42)38-68-66(52)72(62(50)54)64(56)63(55)71/h1-38H. The Hall–Kier alpha value is -9.78. The number of pyridine rings is 2. The summed E-state index contributed by atoms with van der Waals surface area (Å²) < 4.78 is 4.87. The Balaban J connectivity index is 1.18. The summed E-state index contributed by atoms with van der Waals surface area (Å²) in [6.07, 6.45) is 4.07. The van der Waals surface area contributed by atoms with Crippen LogP contribution in [0.25, 0.3) is 155 Å². The summed E-state index contributed by atoms with van der Waals surface area (Å²) in [7, 11) is 0. The molecule has 0 radical (unpaired) electrons. The molecule has 0 atom stereocenters. The van der Waals surface area contributed by atoms with E-state index < -0.39 is 0 Å². The molecule has 0 aliphatic heterocycles. The Labute approximate surface area is 412 Å². The molecule has 0 saturated carbocycles. The van der Waals surface area contributed by atoms with Crippen LogP contribution in [0.4, 0.5) is 0 Å². The van der Waals surface area contributed by atoms with Gasteiger partial charge in [0.25, 0.3) is 0 Å². The lowest BCUT2D eigenvalue weighted by Crippen LogP contribution is -1.98. The van der Waals surface area contributed by atoms with E-state index in [4.69, 9.17) is 19.9 Å². The molecule has 6 heteroatoms. The highest BCUT2D eigenvalue weighted by Gasteiger charge is 2.31. The van der Waals surface area contributed by atoms with E-state index >= 15 is 0 Å². The molecule has 0 fully saturated rings. The van der Waals surface area contributed by atoms with Crippen LogP contribution in [0.3, 0.4) is 0 Å². The number of benzene rings is 9. The number of fused-ring (bicyclic) bond motifs is 16. The first kappa shape index (κ1) is 39.1. The number of hydrogen-bond donors (Lipinski definition) is 0. The molecule has 0 amide bonds. The van der Waals surface area contributed by atoms with Crippen LogP contribution in [-0.2, 0) is 0 Å². The molecule has 0 spiro atoms. The molecule has 0 bridgehead atoms. The highest BCUT2D eigenvalue weighted by molar-refractivity contribution is 6.40. The minimum atomic E-state index is 0.834. The third-order valence-electron chi connectivity index (χ3n) is 15.0. The van der Waals surface area contributed by atoms with E-state index in [1.807, 2.05) is 12.4 Å². The van der Waals surface area contributed by atoms with Crippen molar-refractivity contribution in [3.8, 4) is 67.0 Å². The molecule has 0 unspecified atom stereocenters. The van der Waals surface area contributed by atoms with E-state index in [-0.39, 0.29) is 0 Å². The summed E-state index contributed by atoms with van der Waals surface area (Å²) in [6, 6.07) is 77.8. The van der Waals surface area contributed by atoms with Gasteiger partial charge >= 0.3 is 0 Å². The number of nitrogens with zero attached hydrogens (tertiary/aromatic N) is 6. The minimum Gasteiger partial charge on any atom is -0.290 e. The molecule has 0 N–H and O–H groups in total. The van der Waals surface area contributed by atoms with Gasteiger partial charge in [-0.1, -0.05) is 182 Å². The van der Waals surface area contributed by atoms with Crippen molar-refractivity contribution >= 4 is 87.5 Å². The quantitative estimate of drug-likeness (QED) is 0.167. The average molecular weight is 915 g/mol. The van der Waals surface area contributed by atoms with Crippen LogP contribution < -0.4 is 0 Å². The first-order valence-electron chi connectivity index (χ1n) is 24.5. The van der Waals surface area contributed by atoms with Crippen LogP contribution in [0.5, 0.6) is 0 Å². The van der Waals surface area contributed by atoms with Crippen molar-refractivity contribution < 1.29 is 0 Å². The van der Waals surface area contributed by atoms with Crippen molar-refractivity contribution in [2.75, 3.05) is 0 Å². The fourth-order valence-corrected chi connectivity index (χ4v) is 11.8. The maximum absolute atomic E-state index is 5.93. The van der Waals surface area contributed by atoms with Crippen molar-refractivity contribution in [1.29, 1.82) is 0 Å². The second kappa shape index (κ2) is 14.9. The summed E-state index contributed by atoms with van der Waals surface area (Å²) in [6.45, 7) is 0. The predicted octanol–water partition coefficient (Wildman–Crippen LogP) is 16.7. The molecule has 0 saturated heterocycles. The van der Waals surface area contributed by atoms with Gasteiger partial charge in [0.1, 0.15) is 22.3 Å². The molecule has 0 aliphatic rings. The Morgan fingerprint density at radius 2 is 0.542 bits per heavy atom. The molecular formula is C66H38N6. The fourth-order valence-electron chi connectivity index (χ4n) is 11.8. The van der Waals surface area contributed by atoms with Crippen molar-refractivity contribution in [3.05, 3.63) is 231 Å². The molecule has 332 valence electrons. The summed E-state index contributed by atoms with van der Waals surface area (Å²) in [5, 5.41) is 8.73. The fraction of sp³-hybridized carbons (Fsp3) is 0. The zero-order valence-corrected chi connectivity index (χ0v) is 38.6. The maximum Gasteiger partial charge on any atom is 0.145 e. The first-order valence-corrected chi connectivity index (χ1v) is 24.5. The zero-order valence-electron chi connectivity index (χ0n) is 38.6. The van der Waals surface area contributed by atoms with Gasteiger partial charge in [-0.2, -0.15) is 0 Å². The van der Waals surface area contributed by atoms with Gasteiger partial charge < -0.3 is 0 Å². The van der Waals surface area contributed by atoms with E-state index in [0.29, 0.717) is 0 Å². The van der Waals surface area contributed by atoms with Gasteiger partial charge in [-0.3, -0.25) is 8.80 Å². The predicted molar refractivity (Wildman–Crippen MR) is 297 cm³/mol. The van der Waals surface area contributed by atoms with Crippen LogP contribution in [0.15, 0.2) is 231 Å². The number of rotatable bonds is 6. The van der Waals surface area contributed by atoms with Gasteiger partial charge in [0.05, 0.1) is 33.5 Å². The van der Waals surface area contributed by atoms with E-state index in [1.165, 1.54) is 0 Å². The monoisotopic (exact) mass is 914 g/mol. The van der Waals surface area contributed by atoms with Crippen LogP contribution >= 0.6 is 0 Å². The smallest absolute Gasteiger partial charge is 0.145 e. The van der Waals surface area contributed by atoms with Crippen LogP contribution in [0.1, 0.15) is 0 Å². The molecule has 72 heavy (non-hydrogen) atoms. The van der Waals surface area contributed by atoms with Crippen molar-refractivity contribution in [2.24, 2.45) is 0 Å². The van der Waals surface area contributed by atoms with Crippen molar-refractivity contribution in [2.45, 2.75) is 0 Å². The summed E-state index contributed by atoms with van der Waals surface area (Å²) >= 11 is 0. The van der Waals surface area contributed by atoms with Gasteiger partial charge in [0, 0.05) is 77.7 Å². The second-order valence-electron chi connectivity index (χ2n) is 19.0. The van der Waals surface area contributed by atoms with Crippen molar-refractivity contribution in [1.82, 2.24) is 28.7 Å². The molecule has 7 aromatic heterocycles. The molecule has 16 rings (SSSR count). The topological polar surface area (TPSA) is 60.4 Å². The average Bonchev–Trinajstić information content (AvgIpc) is 4.19. The largest absolute Gasteiger partial charge is 0.290 e. The Kier molecular flexibility index (Phi) is 8.07. The minimum absolute atomic E-state index is 0.834. The zero-order chi connectivity index (χ0) is 47.0. The van der Waals surface area contributed by atoms with Gasteiger partial charge in [0.2, 0.25) is 0 Å². The van der Waals surface area contributed by atoms with Crippen molar-refractivity contribution in [3.63, 3.8) is 0 Å². The highest BCUT2D eigenvalue weighted by Crippen LogP contribution is 2.52. The van der Waals surface area contributed by atoms with Crippen LogP contribution in [-0.4, -0.2) is 28.7 Å². The summed E-state index contributed by atoms with van der Waals surface area (Å²) in [4.78, 5) is 22.8. The third kappa shape index (κ3) is 5.49. The molecule has 0 aliphatic carbocycles. The second-order valence-corrected chi connectivity index (χ2v) is 19.0. The molecule has 7 heterocycles. The maximum atomic E-state index is 5.93. The lowest BCUT2D eigenvalue weighted by atomic mass is 9.96. The lowest BCUT2D eigenvalue weighted by Gasteiger charge is -2.14. The number of hydrogen-bond acceptors (Lipinski definition) is 4. The number of aromatic nitrogens is 6. The Bertz CT molecular complexity index is 4490. The lowest BCUT2D eigenvalue weighted by molar-refractivity contribution is 1.24. The van der Waals surface area contributed by atoms with E-state index in [9.17, 15) is 0 Å². The van der Waals surface area contributed by atoms with Gasteiger partial charge in [-0.05, 0) is 69.8 Å². The molecule has 16 aromatic rings. The Morgan fingerprint density at radius 3 is 0.889 bits per heavy atom. The van der Waals surface area contributed by atoms with Gasteiger partial charge in [-0.25, -0.2) is 19.9 Å². The summed E-state index contributed by atoms with van der Waals surface area (Å²) in [5.41, 5.74) is 20.4. The molecular weight excluding hydrogens is 877 g/mol. The first-order chi connectivity index (χ1) is 35.7. The van der Waals surface area contributed by atoms with E-state index in [2.05, 4.69) is 227 Å². The summed E-state index contributed by atoms with van der Waals surface area (Å²) in [5.74, 6) is 0. The third-order valence-corrected chi connectivity index (χ3v) is 15.0. The SMILES string of the molecule is c1ccc(-c2cnc3c(c2)c2cc(-c4ccccc4)cc4c5c6nc(-c7ccccc7)c(-c7ccccc7)nc6c6c7cc(-c8ccccc8)cc8c9cc(-c%10ccccc%10)cnc9n(c87)c6c5n3c24)cc1. The molecule has 6 nitrogen and oxygen atoms in total. The van der Waals surface area contributed by atoms with E-state index in [0.717, 1.165) is 155 Å².